The Hall–Kier alpha value is -0.490. The van der Waals surface area contributed by atoms with Crippen LogP contribution in [-0.4, -0.2) is 38.3 Å². The van der Waals surface area contributed by atoms with Crippen LogP contribution in [0.4, 0.5) is 0 Å². The summed E-state index contributed by atoms with van der Waals surface area (Å²) in [5.74, 6) is 0.0851. The average Bonchev–Trinajstić information content (AvgIpc) is 2.65. The second-order valence-corrected chi connectivity index (χ2v) is 5.70. The molecule has 0 spiro atoms. The number of hydrogen-bond acceptors (Lipinski definition) is 4. The van der Waals surface area contributed by atoms with Crippen molar-refractivity contribution in [2.45, 2.75) is 24.6 Å². The van der Waals surface area contributed by atoms with Crippen LogP contribution in [-0.2, 0) is 0 Å². The van der Waals surface area contributed by atoms with Crippen molar-refractivity contribution in [3.05, 3.63) is 10.6 Å². The number of aryl methyl sites for hydroxylation is 1. The number of hydrogen-bond donors (Lipinski definition) is 0. The predicted octanol–water partition coefficient (Wildman–Crippen LogP) is 1.85. The van der Waals surface area contributed by atoms with Crippen LogP contribution in [0.25, 0.3) is 0 Å². The summed E-state index contributed by atoms with van der Waals surface area (Å²) < 4.78 is 3.79. The standard InChI is InChI=1S/C9H12BrN3OS/c1-6-8(15-12-11-6)9(14)13-4-2-7(10)3-5-13/h7H,2-5H2,1H3. The van der Waals surface area contributed by atoms with E-state index in [1.807, 2.05) is 11.8 Å². The molecule has 82 valence electrons. The molecule has 0 saturated carbocycles. The van der Waals surface area contributed by atoms with Gasteiger partial charge in [-0.1, -0.05) is 20.4 Å². The van der Waals surface area contributed by atoms with Crippen LogP contribution in [0.2, 0.25) is 0 Å². The number of aromatic nitrogens is 2. The Morgan fingerprint density at radius 2 is 2.20 bits per heavy atom. The monoisotopic (exact) mass is 289 g/mol. The summed E-state index contributed by atoms with van der Waals surface area (Å²) >= 11 is 4.76. The topological polar surface area (TPSA) is 46.1 Å². The largest absolute Gasteiger partial charge is 0.338 e. The molecule has 15 heavy (non-hydrogen) atoms. The SMILES string of the molecule is Cc1nnsc1C(=O)N1CCC(Br)CC1. The minimum absolute atomic E-state index is 0.0851. The van der Waals surface area contributed by atoms with Crippen LogP contribution in [0.1, 0.15) is 28.2 Å². The summed E-state index contributed by atoms with van der Waals surface area (Å²) in [6.07, 6.45) is 2.05. The van der Waals surface area contributed by atoms with Gasteiger partial charge in [-0.2, -0.15) is 0 Å². The van der Waals surface area contributed by atoms with Gasteiger partial charge >= 0.3 is 0 Å². The van der Waals surface area contributed by atoms with Crippen LogP contribution in [0.3, 0.4) is 0 Å². The molecule has 1 saturated heterocycles. The fourth-order valence-corrected chi connectivity index (χ4v) is 2.66. The first-order valence-electron chi connectivity index (χ1n) is 4.91. The number of carbonyl (C=O) groups excluding carboxylic acids is 1. The molecule has 0 bridgehead atoms. The molecular weight excluding hydrogens is 278 g/mol. The predicted molar refractivity (Wildman–Crippen MR) is 62.5 cm³/mol. The van der Waals surface area contributed by atoms with E-state index in [0.29, 0.717) is 9.70 Å². The molecule has 0 radical (unpaired) electrons. The van der Waals surface area contributed by atoms with Crippen LogP contribution in [0.15, 0.2) is 0 Å². The number of halogens is 1. The highest BCUT2D eigenvalue weighted by atomic mass is 79.9. The minimum atomic E-state index is 0.0851. The Labute approximate surface area is 101 Å². The lowest BCUT2D eigenvalue weighted by Gasteiger charge is -2.29. The van der Waals surface area contributed by atoms with Gasteiger partial charge in [0.15, 0.2) is 0 Å². The highest BCUT2D eigenvalue weighted by Gasteiger charge is 2.24. The summed E-state index contributed by atoms with van der Waals surface area (Å²) in [7, 11) is 0. The summed E-state index contributed by atoms with van der Waals surface area (Å²) in [6.45, 7) is 3.48. The average molecular weight is 290 g/mol. The summed E-state index contributed by atoms with van der Waals surface area (Å²) in [5, 5.41) is 3.86. The van der Waals surface area contributed by atoms with E-state index >= 15 is 0 Å². The molecule has 1 aromatic rings. The molecule has 0 atom stereocenters. The number of alkyl halides is 1. The van der Waals surface area contributed by atoms with Gasteiger partial charge < -0.3 is 4.90 Å². The Morgan fingerprint density at radius 1 is 1.53 bits per heavy atom. The van der Waals surface area contributed by atoms with Crippen molar-refractivity contribution >= 4 is 33.4 Å². The van der Waals surface area contributed by atoms with E-state index in [-0.39, 0.29) is 5.91 Å². The van der Waals surface area contributed by atoms with Crippen molar-refractivity contribution in [2.24, 2.45) is 0 Å². The number of amides is 1. The zero-order valence-corrected chi connectivity index (χ0v) is 10.8. The molecule has 4 nitrogen and oxygen atoms in total. The second-order valence-electron chi connectivity index (χ2n) is 3.65. The van der Waals surface area contributed by atoms with Gasteiger partial charge in [-0.05, 0) is 31.3 Å². The van der Waals surface area contributed by atoms with E-state index in [9.17, 15) is 4.79 Å². The summed E-state index contributed by atoms with van der Waals surface area (Å²) in [4.78, 5) is 15.2. The zero-order chi connectivity index (χ0) is 10.8. The molecule has 1 fully saturated rings. The van der Waals surface area contributed by atoms with E-state index in [1.54, 1.807) is 0 Å². The first-order valence-corrected chi connectivity index (χ1v) is 6.59. The zero-order valence-electron chi connectivity index (χ0n) is 8.44. The van der Waals surface area contributed by atoms with Gasteiger partial charge in [-0.3, -0.25) is 4.79 Å². The lowest BCUT2D eigenvalue weighted by molar-refractivity contribution is 0.0732. The van der Waals surface area contributed by atoms with E-state index < -0.39 is 0 Å². The van der Waals surface area contributed by atoms with E-state index in [4.69, 9.17) is 0 Å². The van der Waals surface area contributed by atoms with E-state index in [2.05, 4.69) is 25.5 Å². The third kappa shape index (κ3) is 2.36. The van der Waals surface area contributed by atoms with Gasteiger partial charge in [0.25, 0.3) is 5.91 Å². The van der Waals surface area contributed by atoms with Gasteiger partial charge in [0.1, 0.15) is 4.88 Å². The molecule has 0 unspecified atom stereocenters. The van der Waals surface area contributed by atoms with Crippen molar-refractivity contribution < 1.29 is 4.79 Å². The molecular formula is C9H12BrN3OS. The van der Waals surface area contributed by atoms with Crippen LogP contribution >= 0.6 is 27.5 Å². The lowest BCUT2D eigenvalue weighted by Crippen LogP contribution is -2.38. The Morgan fingerprint density at radius 3 is 2.73 bits per heavy atom. The highest BCUT2D eigenvalue weighted by Crippen LogP contribution is 2.20. The molecule has 0 N–H and O–H groups in total. The number of rotatable bonds is 1. The van der Waals surface area contributed by atoms with E-state index in [1.165, 1.54) is 11.5 Å². The first-order chi connectivity index (χ1) is 7.18. The lowest BCUT2D eigenvalue weighted by atomic mass is 10.1. The van der Waals surface area contributed by atoms with Gasteiger partial charge in [-0.25, -0.2) is 0 Å². The fraction of sp³-hybridized carbons (Fsp3) is 0.667. The maximum Gasteiger partial charge on any atom is 0.267 e. The quantitative estimate of drug-likeness (QED) is 0.741. The maximum absolute atomic E-state index is 12.0. The second kappa shape index (κ2) is 4.57. The number of likely N-dealkylation sites (tertiary alicyclic amines) is 1. The van der Waals surface area contributed by atoms with Gasteiger partial charge in [0.05, 0.1) is 5.69 Å². The number of carbonyl (C=O) groups is 1. The first kappa shape index (κ1) is 11.0. The molecule has 1 aliphatic rings. The van der Waals surface area contributed by atoms with Crippen molar-refractivity contribution in [3.63, 3.8) is 0 Å². The van der Waals surface area contributed by atoms with Gasteiger partial charge in [0.2, 0.25) is 0 Å². The Balaban J connectivity index is 2.06. The third-order valence-corrected chi connectivity index (χ3v) is 4.29. The Kier molecular flexibility index (Phi) is 3.35. The molecule has 0 aliphatic carbocycles. The molecule has 1 aliphatic heterocycles. The van der Waals surface area contributed by atoms with Crippen molar-refractivity contribution in [2.75, 3.05) is 13.1 Å². The molecule has 1 aromatic heterocycles. The highest BCUT2D eigenvalue weighted by molar-refractivity contribution is 9.09. The Bertz CT molecular complexity index is 360. The van der Waals surface area contributed by atoms with Crippen molar-refractivity contribution in [1.29, 1.82) is 0 Å². The molecule has 2 heterocycles. The third-order valence-electron chi connectivity index (χ3n) is 2.56. The molecule has 0 aromatic carbocycles. The summed E-state index contributed by atoms with van der Waals surface area (Å²) in [5.41, 5.74) is 0.742. The minimum Gasteiger partial charge on any atom is -0.338 e. The van der Waals surface area contributed by atoms with Gasteiger partial charge in [0, 0.05) is 17.9 Å². The van der Waals surface area contributed by atoms with Crippen molar-refractivity contribution in [3.8, 4) is 0 Å². The molecule has 2 rings (SSSR count). The molecule has 6 heteroatoms. The van der Waals surface area contributed by atoms with Crippen LogP contribution in [0.5, 0.6) is 0 Å². The van der Waals surface area contributed by atoms with Crippen LogP contribution in [0, 0.1) is 6.92 Å². The number of piperidine rings is 1. The number of nitrogens with zero attached hydrogens (tertiary/aromatic N) is 3. The van der Waals surface area contributed by atoms with Crippen LogP contribution < -0.4 is 0 Å². The molecule has 1 amide bonds. The van der Waals surface area contributed by atoms with Crippen molar-refractivity contribution in [1.82, 2.24) is 14.5 Å². The van der Waals surface area contributed by atoms with E-state index in [0.717, 1.165) is 31.6 Å². The maximum atomic E-state index is 12.0. The normalized spacial score (nSPS) is 18.1. The summed E-state index contributed by atoms with van der Waals surface area (Å²) in [6, 6.07) is 0. The fourth-order valence-electron chi connectivity index (χ4n) is 1.62. The smallest absolute Gasteiger partial charge is 0.267 e. The van der Waals surface area contributed by atoms with Gasteiger partial charge in [-0.15, -0.1) is 5.10 Å².